The summed E-state index contributed by atoms with van der Waals surface area (Å²) < 4.78 is 5.17. The number of aromatic hydroxyl groups is 2. The molecule has 0 aromatic heterocycles. The van der Waals surface area contributed by atoms with Gasteiger partial charge >= 0.3 is 5.97 Å². The van der Waals surface area contributed by atoms with Crippen LogP contribution in [-0.4, -0.2) is 28.8 Å². The van der Waals surface area contributed by atoms with E-state index >= 15 is 0 Å². The molecule has 1 rings (SSSR count). The summed E-state index contributed by atoms with van der Waals surface area (Å²) in [6, 6.07) is 4.41. The largest absolute Gasteiger partial charge is 0.508 e. The maximum absolute atomic E-state index is 11.1. The number of phenolic OH excluding ortho intramolecular Hbond substituents is 2. The SMILES string of the molecule is CC(=O)OC(CNC(C)C)c1cc(O)cc(O)c1. The number of carbonyl (C=O) groups excluding carboxylic acids is 1. The molecule has 0 aliphatic heterocycles. The number of benzene rings is 1. The number of esters is 1. The average molecular weight is 253 g/mol. The molecule has 18 heavy (non-hydrogen) atoms. The van der Waals surface area contributed by atoms with Crippen molar-refractivity contribution in [3.8, 4) is 11.5 Å². The molecule has 0 saturated heterocycles. The van der Waals surface area contributed by atoms with Crippen molar-refractivity contribution in [1.29, 1.82) is 0 Å². The van der Waals surface area contributed by atoms with Crippen LogP contribution in [0.5, 0.6) is 11.5 Å². The zero-order valence-corrected chi connectivity index (χ0v) is 10.8. The van der Waals surface area contributed by atoms with Gasteiger partial charge in [0.1, 0.15) is 17.6 Å². The van der Waals surface area contributed by atoms with Crippen LogP contribution in [0, 0.1) is 0 Å². The van der Waals surface area contributed by atoms with Gasteiger partial charge < -0.3 is 20.3 Å². The highest BCUT2D eigenvalue weighted by molar-refractivity contribution is 5.66. The fourth-order valence-electron chi connectivity index (χ4n) is 1.57. The van der Waals surface area contributed by atoms with Gasteiger partial charge in [-0.15, -0.1) is 0 Å². The lowest BCUT2D eigenvalue weighted by Gasteiger charge is -2.20. The smallest absolute Gasteiger partial charge is 0.303 e. The Balaban J connectivity index is 2.89. The summed E-state index contributed by atoms with van der Waals surface area (Å²) in [7, 11) is 0. The van der Waals surface area contributed by atoms with Crippen LogP contribution in [0.25, 0.3) is 0 Å². The van der Waals surface area contributed by atoms with E-state index in [-0.39, 0.29) is 17.5 Å². The molecule has 1 aromatic rings. The van der Waals surface area contributed by atoms with Gasteiger partial charge in [-0.05, 0) is 12.1 Å². The molecule has 1 aromatic carbocycles. The Morgan fingerprint density at radius 3 is 2.28 bits per heavy atom. The maximum Gasteiger partial charge on any atom is 0.303 e. The van der Waals surface area contributed by atoms with Crippen LogP contribution in [0.2, 0.25) is 0 Å². The standard InChI is InChI=1S/C13H19NO4/c1-8(2)14-7-13(18-9(3)15)10-4-11(16)6-12(17)5-10/h4-6,8,13-14,16-17H,7H2,1-3H3. The van der Waals surface area contributed by atoms with E-state index in [2.05, 4.69) is 5.32 Å². The van der Waals surface area contributed by atoms with Gasteiger partial charge in [-0.1, -0.05) is 13.8 Å². The number of ether oxygens (including phenoxy) is 1. The highest BCUT2D eigenvalue weighted by atomic mass is 16.5. The third kappa shape index (κ3) is 4.63. The molecule has 1 atom stereocenters. The number of phenols is 2. The second-order valence-electron chi connectivity index (χ2n) is 4.44. The van der Waals surface area contributed by atoms with Gasteiger partial charge in [-0.25, -0.2) is 0 Å². The van der Waals surface area contributed by atoms with Crippen molar-refractivity contribution in [2.75, 3.05) is 6.54 Å². The number of nitrogens with one attached hydrogen (secondary N) is 1. The van der Waals surface area contributed by atoms with Gasteiger partial charge in [0.15, 0.2) is 0 Å². The minimum absolute atomic E-state index is 0.0632. The summed E-state index contributed by atoms with van der Waals surface area (Å²) in [6.07, 6.45) is -0.539. The van der Waals surface area contributed by atoms with E-state index in [9.17, 15) is 15.0 Å². The first-order chi connectivity index (χ1) is 8.38. The van der Waals surface area contributed by atoms with Gasteiger partial charge in [0.25, 0.3) is 0 Å². The minimum Gasteiger partial charge on any atom is -0.508 e. The van der Waals surface area contributed by atoms with Crippen molar-refractivity contribution in [2.24, 2.45) is 0 Å². The maximum atomic E-state index is 11.1. The summed E-state index contributed by atoms with van der Waals surface area (Å²) >= 11 is 0. The van der Waals surface area contributed by atoms with E-state index in [0.29, 0.717) is 12.1 Å². The van der Waals surface area contributed by atoms with Crippen molar-refractivity contribution in [2.45, 2.75) is 32.9 Å². The molecule has 0 heterocycles. The van der Waals surface area contributed by atoms with Crippen LogP contribution >= 0.6 is 0 Å². The molecule has 0 aliphatic rings. The van der Waals surface area contributed by atoms with E-state index in [1.807, 2.05) is 13.8 Å². The van der Waals surface area contributed by atoms with Gasteiger partial charge in [-0.3, -0.25) is 4.79 Å². The van der Waals surface area contributed by atoms with Crippen LogP contribution in [0.1, 0.15) is 32.4 Å². The lowest BCUT2D eigenvalue weighted by Crippen LogP contribution is -2.29. The molecule has 5 nitrogen and oxygen atoms in total. The van der Waals surface area contributed by atoms with Crippen LogP contribution in [0.4, 0.5) is 0 Å². The monoisotopic (exact) mass is 253 g/mol. The summed E-state index contributed by atoms with van der Waals surface area (Å²) in [5.74, 6) is -0.535. The Kier molecular flexibility index (Phi) is 4.97. The summed E-state index contributed by atoms with van der Waals surface area (Å²) in [5, 5.41) is 22.0. The topological polar surface area (TPSA) is 78.8 Å². The molecule has 5 heteroatoms. The van der Waals surface area contributed by atoms with Crippen molar-refractivity contribution >= 4 is 5.97 Å². The number of carbonyl (C=O) groups is 1. The molecule has 0 radical (unpaired) electrons. The summed E-state index contributed by atoms with van der Waals surface area (Å²) in [6.45, 7) is 5.70. The van der Waals surface area contributed by atoms with E-state index < -0.39 is 12.1 Å². The molecule has 0 amide bonds. The van der Waals surface area contributed by atoms with Crippen LogP contribution < -0.4 is 5.32 Å². The molecule has 1 unspecified atom stereocenters. The number of hydrogen-bond acceptors (Lipinski definition) is 5. The zero-order chi connectivity index (χ0) is 13.7. The zero-order valence-electron chi connectivity index (χ0n) is 10.8. The first-order valence-corrected chi connectivity index (χ1v) is 5.82. The van der Waals surface area contributed by atoms with E-state index in [1.54, 1.807) is 0 Å². The van der Waals surface area contributed by atoms with Crippen LogP contribution in [-0.2, 0) is 9.53 Å². The van der Waals surface area contributed by atoms with E-state index in [0.717, 1.165) is 0 Å². The van der Waals surface area contributed by atoms with Crippen molar-refractivity contribution < 1.29 is 19.7 Å². The van der Waals surface area contributed by atoms with Crippen LogP contribution in [0.3, 0.4) is 0 Å². The molecule has 3 N–H and O–H groups in total. The van der Waals surface area contributed by atoms with E-state index in [1.165, 1.54) is 25.1 Å². The first-order valence-electron chi connectivity index (χ1n) is 5.82. The highest BCUT2D eigenvalue weighted by Crippen LogP contribution is 2.26. The molecule has 0 spiro atoms. The predicted molar refractivity (Wildman–Crippen MR) is 67.4 cm³/mol. The number of hydrogen-bond donors (Lipinski definition) is 3. The molecule has 0 saturated carbocycles. The molecular formula is C13H19NO4. The Hall–Kier alpha value is -1.75. The molecule has 100 valence electrons. The molecule has 0 bridgehead atoms. The fourth-order valence-corrected chi connectivity index (χ4v) is 1.57. The van der Waals surface area contributed by atoms with Gasteiger partial charge in [0.05, 0.1) is 0 Å². The third-order valence-electron chi connectivity index (χ3n) is 2.32. The average Bonchev–Trinajstić information content (AvgIpc) is 2.22. The quantitative estimate of drug-likeness (QED) is 0.696. The first kappa shape index (κ1) is 14.3. The lowest BCUT2D eigenvalue weighted by atomic mass is 10.1. The summed E-state index contributed by atoms with van der Waals surface area (Å²) in [5.41, 5.74) is 0.552. The molecule has 0 fully saturated rings. The Morgan fingerprint density at radius 2 is 1.83 bits per heavy atom. The van der Waals surface area contributed by atoms with Gasteiger partial charge in [-0.2, -0.15) is 0 Å². The van der Waals surface area contributed by atoms with Crippen molar-refractivity contribution in [3.05, 3.63) is 23.8 Å². The fraction of sp³-hybridized carbons (Fsp3) is 0.462. The second kappa shape index (κ2) is 6.26. The van der Waals surface area contributed by atoms with Crippen LogP contribution in [0.15, 0.2) is 18.2 Å². The van der Waals surface area contributed by atoms with Gasteiger partial charge in [0, 0.05) is 31.1 Å². The summed E-state index contributed by atoms with van der Waals surface area (Å²) in [4.78, 5) is 11.1. The highest BCUT2D eigenvalue weighted by Gasteiger charge is 2.16. The minimum atomic E-state index is -0.539. The lowest BCUT2D eigenvalue weighted by molar-refractivity contribution is -0.146. The Bertz CT molecular complexity index is 397. The van der Waals surface area contributed by atoms with E-state index in [4.69, 9.17) is 4.74 Å². The Labute approximate surface area is 106 Å². The third-order valence-corrected chi connectivity index (χ3v) is 2.32. The molecular weight excluding hydrogens is 234 g/mol. The molecule has 0 aliphatic carbocycles. The van der Waals surface area contributed by atoms with Crippen molar-refractivity contribution in [3.63, 3.8) is 0 Å². The van der Waals surface area contributed by atoms with Crippen molar-refractivity contribution in [1.82, 2.24) is 5.32 Å². The second-order valence-corrected chi connectivity index (χ2v) is 4.44. The normalized spacial score (nSPS) is 12.4. The number of rotatable bonds is 5. The Morgan fingerprint density at radius 1 is 1.28 bits per heavy atom. The predicted octanol–water partition coefficient (Wildman–Crippen LogP) is 1.70. The van der Waals surface area contributed by atoms with Gasteiger partial charge in [0.2, 0.25) is 0 Å².